The summed E-state index contributed by atoms with van der Waals surface area (Å²) in [7, 11) is 2.02. The van der Waals surface area contributed by atoms with Crippen LogP contribution in [-0.4, -0.2) is 36.9 Å². The van der Waals surface area contributed by atoms with Crippen molar-refractivity contribution in [2.24, 2.45) is 5.92 Å². The van der Waals surface area contributed by atoms with E-state index in [0.29, 0.717) is 0 Å². The molecule has 0 spiro atoms. The zero-order valence-electron chi connectivity index (χ0n) is 13.7. The molecule has 2 rings (SSSR count). The molecule has 1 fully saturated rings. The smallest absolute Gasteiger partial charge is 0.129 e. The van der Waals surface area contributed by atoms with Crippen LogP contribution >= 0.6 is 0 Å². The fourth-order valence-electron chi connectivity index (χ4n) is 2.09. The average Bonchev–Trinajstić information content (AvgIpc) is 3.26. The first kappa shape index (κ1) is 16.2. The maximum absolute atomic E-state index is 9.45. The predicted molar refractivity (Wildman–Crippen MR) is 85.7 cm³/mol. The van der Waals surface area contributed by atoms with Crippen LogP contribution in [0, 0.1) is 5.92 Å². The van der Waals surface area contributed by atoms with Crippen molar-refractivity contribution in [1.82, 2.24) is 4.98 Å². The van der Waals surface area contributed by atoms with Gasteiger partial charge in [-0.2, -0.15) is 0 Å². The lowest BCUT2D eigenvalue weighted by atomic mass is 9.91. The number of anilines is 1. The van der Waals surface area contributed by atoms with Gasteiger partial charge < -0.3 is 14.7 Å². The third-order valence-corrected chi connectivity index (χ3v) is 3.84. The second-order valence-corrected chi connectivity index (χ2v) is 7.07. The SMILES string of the molecule is CN(CCOCC1CC1)c1cc(CO)cc(C(C)(C)C)n1. The van der Waals surface area contributed by atoms with Crippen LogP contribution in [-0.2, 0) is 16.8 Å². The van der Waals surface area contributed by atoms with Gasteiger partial charge in [0.05, 0.1) is 13.2 Å². The third kappa shape index (κ3) is 4.97. The maximum atomic E-state index is 9.45. The molecule has 0 radical (unpaired) electrons. The number of aliphatic hydroxyl groups excluding tert-OH is 1. The topological polar surface area (TPSA) is 45.6 Å². The lowest BCUT2D eigenvalue weighted by Crippen LogP contribution is -2.25. The molecule has 1 N–H and O–H groups in total. The van der Waals surface area contributed by atoms with Crippen LogP contribution in [0.4, 0.5) is 5.82 Å². The fraction of sp³-hybridized carbons (Fsp3) is 0.706. The molecule has 1 heterocycles. The number of pyridine rings is 1. The van der Waals surface area contributed by atoms with Gasteiger partial charge in [-0.15, -0.1) is 0 Å². The number of aliphatic hydroxyl groups is 1. The molecule has 1 aromatic rings. The highest BCUT2D eigenvalue weighted by atomic mass is 16.5. The molecule has 1 saturated carbocycles. The first-order valence-electron chi connectivity index (χ1n) is 7.81. The van der Waals surface area contributed by atoms with Gasteiger partial charge in [-0.25, -0.2) is 4.98 Å². The quantitative estimate of drug-likeness (QED) is 0.785. The van der Waals surface area contributed by atoms with E-state index in [9.17, 15) is 5.11 Å². The Kier molecular flexibility index (Phi) is 5.22. The first-order chi connectivity index (χ1) is 9.90. The maximum Gasteiger partial charge on any atom is 0.129 e. The summed E-state index contributed by atoms with van der Waals surface area (Å²) in [6.45, 7) is 8.90. The molecule has 0 amide bonds. The highest BCUT2D eigenvalue weighted by Gasteiger charge is 2.21. The molecule has 0 bridgehead atoms. The molecule has 4 heteroatoms. The van der Waals surface area contributed by atoms with Crippen molar-refractivity contribution in [3.05, 3.63) is 23.4 Å². The minimum absolute atomic E-state index is 0.0246. The Morgan fingerprint density at radius 2 is 2.05 bits per heavy atom. The summed E-state index contributed by atoms with van der Waals surface area (Å²) in [4.78, 5) is 6.84. The molecular weight excluding hydrogens is 264 g/mol. The van der Waals surface area contributed by atoms with E-state index in [1.807, 2.05) is 19.2 Å². The highest BCUT2D eigenvalue weighted by Crippen LogP contribution is 2.28. The van der Waals surface area contributed by atoms with Crippen molar-refractivity contribution in [2.45, 2.75) is 45.6 Å². The van der Waals surface area contributed by atoms with Gasteiger partial charge in [0.15, 0.2) is 0 Å². The summed E-state index contributed by atoms with van der Waals surface area (Å²) in [6, 6.07) is 3.94. The molecule has 0 aliphatic heterocycles. The lowest BCUT2D eigenvalue weighted by molar-refractivity contribution is 0.130. The van der Waals surface area contributed by atoms with Crippen molar-refractivity contribution in [1.29, 1.82) is 0 Å². The molecule has 118 valence electrons. The number of hydrogen-bond acceptors (Lipinski definition) is 4. The standard InChI is InChI=1S/C17H28N2O2/c1-17(2,3)15-9-14(11-20)10-16(18-15)19(4)7-8-21-12-13-5-6-13/h9-10,13,20H,5-8,11-12H2,1-4H3. The van der Waals surface area contributed by atoms with Gasteiger partial charge in [-0.1, -0.05) is 20.8 Å². The number of likely N-dealkylation sites (N-methyl/N-ethyl adjacent to an activating group) is 1. The predicted octanol–water partition coefficient (Wildman–Crippen LogP) is 2.73. The van der Waals surface area contributed by atoms with E-state index in [2.05, 4.69) is 25.7 Å². The van der Waals surface area contributed by atoms with Crippen molar-refractivity contribution in [3.8, 4) is 0 Å². The van der Waals surface area contributed by atoms with Crippen LogP contribution in [0.3, 0.4) is 0 Å². The van der Waals surface area contributed by atoms with Gasteiger partial charge in [-0.05, 0) is 36.5 Å². The van der Waals surface area contributed by atoms with E-state index in [1.165, 1.54) is 12.8 Å². The minimum atomic E-state index is -0.0246. The van der Waals surface area contributed by atoms with E-state index in [0.717, 1.165) is 42.8 Å². The Bertz CT molecular complexity index is 464. The monoisotopic (exact) mass is 292 g/mol. The average molecular weight is 292 g/mol. The van der Waals surface area contributed by atoms with Crippen LogP contribution in [0.15, 0.2) is 12.1 Å². The zero-order valence-corrected chi connectivity index (χ0v) is 13.7. The fourth-order valence-corrected chi connectivity index (χ4v) is 2.09. The van der Waals surface area contributed by atoms with E-state index in [1.54, 1.807) is 0 Å². The molecule has 21 heavy (non-hydrogen) atoms. The third-order valence-electron chi connectivity index (χ3n) is 3.84. The van der Waals surface area contributed by atoms with E-state index < -0.39 is 0 Å². The molecule has 1 aromatic heterocycles. The Morgan fingerprint density at radius 1 is 1.33 bits per heavy atom. The second kappa shape index (κ2) is 6.75. The van der Waals surface area contributed by atoms with Gasteiger partial charge in [0, 0.05) is 31.3 Å². The number of nitrogens with zero attached hydrogens (tertiary/aromatic N) is 2. The van der Waals surface area contributed by atoms with Gasteiger partial charge >= 0.3 is 0 Å². The molecular formula is C17H28N2O2. The molecule has 1 aliphatic carbocycles. The summed E-state index contributed by atoms with van der Waals surface area (Å²) < 4.78 is 5.68. The number of ether oxygens (including phenoxy) is 1. The molecule has 0 unspecified atom stereocenters. The van der Waals surface area contributed by atoms with Crippen LogP contribution in [0.2, 0.25) is 0 Å². The van der Waals surface area contributed by atoms with Gasteiger partial charge in [-0.3, -0.25) is 0 Å². The molecule has 0 atom stereocenters. The number of aromatic nitrogens is 1. The van der Waals surface area contributed by atoms with Crippen molar-refractivity contribution >= 4 is 5.82 Å². The Morgan fingerprint density at radius 3 is 2.62 bits per heavy atom. The molecule has 0 aromatic carbocycles. The summed E-state index contributed by atoms with van der Waals surface area (Å²) >= 11 is 0. The molecule has 0 saturated heterocycles. The van der Waals surface area contributed by atoms with Crippen LogP contribution < -0.4 is 4.90 Å². The van der Waals surface area contributed by atoms with Crippen LogP contribution in [0.25, 0.3) is 0 Å². The largest absolute Gasteiger partial charge is 0.392 e. The van der Waals surface area contributed by atoms with E-state index in [-0.39, 0.29) is 12.0 Å². The summed E-state index contributed by atoms with van der Waals surface area (Å²) in [6.07, 6.45) is 2.65. The summed E-state index contributed by atoms with van der Waals surface area (Å²) in [5.74, 6) is 1.71. The van der Waals surface area contributed by atoms with Gasteiger partial charge in [0.2, 0.25) is 0 Å². The highest BCUT2D eigenvalue weighted by molar-refractivity contribution is 5.43. The van der Waals surface area contributed by atoms with Crippen LogP contribution in [0.1, 0.15) is 44.9 Å². The Balaban J connectivity index is 1.98. The lowest BCUT2D eigenvalue weighted by Gasteiger charge is -2.24. The van der Waals surface area contributed by atoms with Gasteiger partial charge in [0.25, 0.3) is 0 Å². The Labute approximate surface area is 128 Å². The minimum Gasteiger partial charge on any atom is -0.392 e. The van der Waals surface area contributed by atoms with E-state index in [4.69, 9.17) is 9.72 Å². The van der Waals surface area contributed by atoms with Crippen molar-refractivity contribution < 1.29 is 9.84 Å². The molecule has 1 aliphatic rings. The van der Waals surface area contributed by atoms with Crippen molar-refractivity contribution in [3.63, 3.8) is 0 Å². The normalized spacial score (nSPS) is 15.3. The molecule has 4 nitrogen and oxygen atoms in total. The number of hydrogen-bond donors (Lipinski definition) is 1. The zero-order chi connectivity index (χ0) is 15.5. The second-order valence-electron chi connectivity index (χ2n) is 7.07. The first-order valence-corrected chi connectivity index (χ1v) is 7.81. The Hall–Kier alpha value is -1.13. The summed E-state index contributed by atoms with van der Waals surface area (Å²) in [5, 5.41) is 9.45. The summed E-state index contributed by atoms with van der Waals surface area (Å²) in [5.41, 5.74) is 1.90. The van der Waals surface area contributed by atoms with Crippen molar-refractivity contribution in [2.75, 3.05) is 31.7 Å². The van der Waals surface area contributed by atoms with Gasteiger partial charge in [0.1, 0.15) is 5.82 Å². The number of rotatable bonds is 7. The van der Waals surface area contributed by atoms with Crippen LogP contribution in [0.5, 0.6) is 0 Å². The van der Waals surface area contributed by atoms with E-state index >= 15 is 0 Å².